The van der Waals surface area contributed by atoms with Crippen LogP contribution in [0.1, 0.15) is 20.3 Å². The standard InChI is InChI=1S/C12H15BrFNO4S/c1-3-15(8(2)6-12(16)17)20(18,19)9-4-5-10(13)11(14)7-9/h4-5,7-8H,3,6H2,1-2H3,(H,16,17). The summed E-state index contributed by atoms with van der Waals surface area (Å²) in [5.74, 6) is -1.78. The van der Waals surface area contributed by atoms with Crippen molar-refractivity contribution in [3.8, 4) is 0 Å². The van der Waals surface area contributed by atoms with E-state index in [4.69, 9.17) is 5.11 Å². The molecule has 1 rings (SSSR count). The fraction of sp³-hybridized carbons (Fsp3) is 0.417. The van der Waals surface area contributed by atoms with Crippen LogP contribution < -0.4 is 0 Å². The highest BCUT2D eigenvalue weighted by atomic mass is 79.9. The molecule has 20 heavy (non-hydrogen) atoms. The minimum Gasteiger partial charge on any atom is -0.481 e. The number of sulfonamides is 1. The van der Waals surface area contributed by atoms with Crippen LogP contribution in [0.5, 0.6) is 0 Å². The molecule has 0 spiro atoms. The second-order valence-electron chi connectivity index (χ2n) is 4.23. The molecule has 0 aliphatic carbocycles. The molecule has 1 N–H and O–H groups in total. The number of carbonyl (C=O) groups is 1. The lowest BCUT2D eigenvalue weighted by Crippen LogP contribution is -2.39. The predicted octanol–water partition coefficient (Wildman–Crippen LogP) is 2.46. The van der Waals surface area contributed by atoms with Crippen molar-refractivity contribution in [2.24, 2.45) is 0 Å². The SMILES string of the molecule is CCN(C(C)CC(=O)O)S(=O)(=O)c1ccc(Br)c(F)c1. The van der Waals surface area contributed by atoms with Gasteiger partial charge in [-0.1, -0.05) is 6.92 Å². The zero-order chi connectivity index (χ0) is 15.5. The average molecular weight is 368 g/mol. The Morgan fingerprint density at radius 3 is 2.55 bits per heavy atom. The number of halogens is 2. The van der Waals surface area contributed by atoms with Crippen LogP contribution in [0.2, 0.25) is 0 Å². The lowest BCUT2D eigenvalue weighted by Gasteiger charge is -2.26. The molecule has 0 bridgehead atoms. The minimum atomic E-state index is -3.93. The zero-order valence-electron chi connectivity index (χ0n) is 11.0. The van der Waals surface area contributed by atoms with Gasteiger partial charge in [-0.2, -0.15) is 4.31 Å². The van der Waals surface area contributed by atoms with Gasteiger partial charge in [0, 0.05) is 12.6 Å². The maximum atomic E-state index is 13.5. The van der Waals surface area contributed by atoms with Crippen molar-refractivity contribution in [1.29, 1.82) is 0 Å². The third-order valence-electron chi connectivity index (χ3n) is 2.77. The van der Waals surface area contributed by atoms with E-state index in [2.05, 4.69) is 15.9 Å². The number of carboxylic acids is 1. The molecule has 1 unspecified atom stereocenters. The van der Waals surface area contributed by atoms with E-state index in [-0.39, 0.29) is 22.3 Å². The first-order chi connectivity index (χ1) is 9.20. The van der Waals surface area contributed by atoms with Crippen molar-refractivity contribution in [2.75, 3.05) is 6.54 Å². The van der Waals surface area contributed by atoms with Crippen LogP contribution in [0.3, 0.4) is 0 Å². The van der Waals surface area contributed by atoms with Gasteiger partial charge in [-0.05, 0) is 41.1 Å². The highest BCUT2D eigenvalue weighted by molar-refractivity contribution is 9.10. The number of carboxylic acid groups (broad SMARTS) is 1. The summed E-state index contributed by atoms with van der Waals surface area (Å²) in [4.78, 5) is 10.5. The van der Waals surface area contributed by atoms with E-state index in [1.54, 1.807) is 6.92 Å². The quantitative estimate of drug-likeness (QED) is 0.837. The summed E-state index contributed by atoms with van der Waals surface area (Å²) in [6, 6.07) is 2.78. The van der Waals surface area contributed by atoms with Crippen LogP contribution >= 0.6 is 15.9 Å². The molecule has 8 heteroatoms. The smallest absolute Gasteiger partial charge is 0.304 e. The minimum absolute atomic E-state index is 0.106. The molecular weight excluding hydrogens is 353 g/mol. The van der Waals surface area contributed by atoms with E-state index in [0.717, 1.165) is 10.4 Å². The maximum Gasteiger partial charge on any atom is 0.304 e. The van der Waals surface area contributed by atoms with Gasteiger partial charge < -0.3 is 5.11 Å². The summed E-state index contributed by atoms with van der Waals surface area (Å²) in [5, 5.41) is 8.76. The molecule has 1 aromatic rings. The fourth-order valence-corrected chi connectivity index (χ4v) is 3.74. The number of hydrogen-bond donors (Lipinski definition) is 1. The Bertz CT molecular complexity index is 605. The fourth-order valence-electron chi connectivity index (χ4n) is 1.85. The van der Waals surface area contributed by atoms with Gasteiger partial charge in [0.15, 0.2) is 0 Å². The summed E-state index contributed by atoms with van der Waals surface area (Å²) in [5.41, 5.74) is 0. The Balaban J connectivity index is 3.17. The normalized spacial score (nSPS) is 13.4. The van der Waals surface area contributed by atoms with Crippen molar-refractivity contribution in [3.63, 3.8) is 0 Å². The molecule has 1 aromatic carbocycles. The Labute approximate surface area is 125 Å². The highest BCUT2D eigenvalue weighted by Crippen LogP contribution is 2.23. The Morgan fingerprint density at radius 1 is 1.50 bits per heavy atom. The van der Waals surface area contributed by atoms with Crippen LogP contribution in [0, 0.1) is 5.82 Å². The van der Waals surface area contributed by atoms with E-state index in [0.29, 0.717) is 0 Å². The van der Waals surface area contributed by atoms with Crippen molar-refractivity contribution in [2.45, 2.75) is 31.2 Å². The van der Waals surface area contributed by atoms with Crippen molar-refractivity contribution in [3.05, 3.63) is 28.5 Å². The van der Waals surface area contributed by atoms with Gasteiger partial charge in [-0.15, -0.1) is 0 Å². The predicted molar refractivity (Wildman–Crippen MR) is 75.4 cm³/mol. The maximum absolute atomic E-state index is 13.5. The van der Waals surface area contributed by atoms with Crippen LogP contribution in [-0.2, 0) is 14.8 Å². The molecule has 1 atom stereocenters. The monoisotopic (exact) mass is 367 g/mol. The molecule has 112 valence electrons. The number of hydrogen-bond acceptors (Lipinski definition) is 3. The molecule has 0 aromatic heterocycles. The van der Waals surface area contributed by atoms with Gasteiger partial charge in [0.25, 0.3) is 0 Å². The summed E-state index contributed by atoms with van der Waals surface area (Å²) < 4.78 is 39.5. The summed E-state index contributed by atoms with van der Waals surface area (Å²) in [7, 11) is -3.93. The number of nitrogens with zero attached hydrogens (tertiary/aromatic N) is 1. The van der Waals surface area contributed by atoms with E-state index >= 15 is 0 Å². The second kappa shape index (κ2) is 6.64. The van der Waals surface area contributed by atoms with E-state index in [1.807, 2.05) is 0 Å². The molecule has 0 fully saturated rings. The first-order valence-corrected chi connectivity index (χ1v) is 8.12. The first kappa shape index (κ1) is 17.1. The van der Waals surface area contributed by atoms with Gasteiger partial charge in [0.1, 0.15) is 5.82 Å². The summed E-state index contributed by atoms with van der Waals surface area (Å²) in [6.45, 7) is 3.21. The molecule has 5 nitrogen and oxygen atoms in total. The van der Waals surface area contributed by atoms with Crippen LogP contribution in [0.25, 0.3) is 0 Å². The lowest BCUT2D eigenvalue weighted by molar-refractivity contribution is -0.137. The van der Waals surface area contributed by atoms with Crippen LogP contribution in [0.4, 0.5) is 4.39 Å². The van der Waals surface area contributed by atoms with E-state index in [9.17, 15) is 17.6 Å². The van der Waals surface area contributed by atoms with Gasteiger partial charge in [0.05, 0.1) is 15.8 Å². The number of aliphatic carboxylic acids is 1. The molecule has 0 aliphatic heterocycles. The van der Waals surface area contributed by atoms with E-state index < -0.39 is 27.9 Å². The van der Waals surface area contributed by atoms with Crippen molar-refractivity contribution < 1.29 is 22.7 Å². The second-order valence-corrected chi connectivity index (χ2v) is 6.98. The zero-order valence-corrected chi connectivity index (χ0v) is 13.4. The molecule has 0 saturated carbocycles. The van der Waals surface area contributed by atoms with Crippen LogP contribution in [-0.4, -0.2) is 36.4 Å². The van der Waals surface area contributed by atoms with Gasteiger partial charge in [0.2, 0.25) is 10.0 Å². The van der Waals surface area contributed by atoms with Gasteiger partial charge in [-0.25, -0.2) is 12.8 Å². The molecule has 0 aliphatic rings. The largest absolute Gasteiger partial charge is 0.481 e. The molecule has 0 saturated heterocycles. The Hall–Kier alpha value is -0.990. The third-order valence-corrected chi connectivity index (χ3v) is 5.50. The van der Waals surface area contributed by atoms with Crippen molar-refractivity contribution in [1.82, 2.24) is 4.31 Å². The van der Waals surface area contributed by atoms with Crippen LogP contribution in [0.15, 0.2) is 27.6 Å². The highest BCUT2D eigenvalue weighted by Gasteiger charge is 2.29. The molecule has 0 radical (unpaired) electrons. The lowest BCUT2D eigenvalue weighted by atomic mass is 10.2. The molecule has 0 heterocycles. The van der Waals surface area contributed by atoms with Gasteiger partial charge in [-0.3, -0.25) is 4.79 Å². The third kappa shape index (κ3) is 3.77. The average Bonchev–Trinajstić information content (AvgIpc) is 2.31. The van der Waals surface area contributed by atoms with Crippen molar-refractivity contribution >= 4 is 31.9 Å². The Morgan fingerprint density at radius 2 is 2.10 bits per heavy atom. The Kier molecular flexibility index (Phi) is 5.67. The van der Waals surface area contributed by atoms with Gasteiger partial charge >= 0.3 is 5.97 Å². The number of benzene rings is 1. The first-order valence-electron chi connectivity index (χ1n) is 5.88. The number of rotatable bonds is 6. The summed E-state index contributed by atoms with van der Waals surface area (Å²) in [6.07, 6.45) is -0.313. The van der Waals surface area contributed by atoms with E-state index in [1.165, 1.54) is 19.1 Å². The molecular formula is C12H15BrFNO4S. The molecule has 0 amide bonds. The summed E-state index contributed by atoms with van der Waals surface area (Å²) >= 11 is 2.95. The topological polar surface area (TPSA) is 74.7 Å².